The topological polar surface area (TPSA) is 74.2 Å². The molecule has 7 nitrogen and oxygen atoms in total. The van der Waals surface area contributed by atoms with E-state index in [1.165, 1.54) is 5.70 Å². The lowest BCUT2D eigenvalue weighted by Gasteiger charge is -2.34. The van der Waals surface area contributed by atoms with Gasteiger partial charge < -0.3 is 15.5 Å². The highest BCUT2D eigenvalue weighted by atomic mass is 16.2. The maximum absolute atomic E-state index is 11.8. The van der Waals surface area contributed by atoms with Gasteiger partial charge in [-0.25, -0.2) is 0 Å². The smallest absolute Gasteiger partial charge is 0.219 e. The van der Waals surface area contributed by atoms with Crippen molar-refractivity contribution in [2.75, 3.05) is 32.5 Å². The van der Waals surface area contributed by atoms with Gasteiger partial charge in [-0.3, -0.25) is 14.8 Å². The standard InChI is InChI=1S/C20H28N6O/c1-14(27)26-12-10-18(21-2)17(13-26)20(22-3)24-16-7-5-15(6-8-16)19-9-11-23-25(19)4/h5-9,11,20-22,24H,10,12-13H2,1-4H3. The molecule has 0 radical (unpaired) electrons. The lowest BCUT2D eigenvalue weighted by atomic mass is 10.0. The first kappa shape index (κ1) is 19.0. The zero-order valence-corrected chi connectivity index (χ0v) is 16.4. The predicted molar refractivity (Wildman–Crippen MR) is 108 cm³/mol. The van der Waals surface area contributed by atoms with Crippen molar-refractivity contribution in [2.24, 2.45) is 7.05 Å². The third-order valence-electron chi connectivity index (χ3n) is 5.08. The van der Waals surface area contributed by atoms with Gasteiger partial charge in [-0.2, -0.15) is 5.10 Å². The highest BCUT2D eigenvalue weighted by molar-refractivity contribution is 5.74. The minimum absolute atomic E-state index is 0.0582. The summed E-state index contributed by atoms with van der Waals surface area (Å²) in [5.41, 5.74) is 5.57. The second-order valence-corrected chi connectivity index (χ2v) is 6.73. The van der Waals surface area contributed by atoms with E-state index in [9.17, 15) is 4.79 Å². The predicted octanol–water partition coefficient (Wildman–Crippen LogP) is 1.77. The zero-order chi connectivity index (χ0) is 19.4. The van der Waals surface area contributed by atoms with Crippen LogP contribution in [0.5, 0.6) is 0 Å². The van der Waals surface area contributed by atoms with Gasteiger partial charge >= 0.3 is 0 Å². The molecule has 1 aliphatic heterocycles. The van der Waals surface area contributed by atoms with Gasteiger partial charge in [0.15, 0.2) is 0 Å². The SMILES string of the molecule is CNC1=C(C(NC)Nc2ccc(-c3ccnn3C)cc2)CN(C(C)=O)CC1. The van der Waals surface area contributed by atoms with E-state index < -0.39 is 0 Å². The Labute approximate surface area is 160 Å². The Bertz CT molecular complexity index is 823. The molecule has 144 valence electrons. The van der Waals surface area contributed by atoms with Crippen molar-refractivity contribution in [2.45, 2.75) is 19.5 Å². The number of rotatable bonds is 6. The summed E-state index contributed by atoms with van der Waals surface area (Å²) in [6, 6.07) is 10.3. The second-order valence-electron chi connectivity index (χ2n) is 6.73. The molecule has 1 atom stereocenters. The van der Waals surface area contributed by atoms with Gasteiger partial charge in [0.1, 0.15) is 6.17 Å². The quantitative estimate of drug-likeness (QED) is 0.678. The molecule has 7 heteroatoms. The highest BCUT2D eigenvalue weighted by Crippen LogP contribution is 2.23. The van der Waals surface area contributed by atoms with E-state index in [0.29, 0.717) is 6.54 Å². The largest absolute Gasteiger partial charge is 0.391 e. The van der Waals surface area contributed by atoms with E-state index in [1.807, 2.05) is 36.8 Å². The molecule has 1 aromatic carbocycles. The third-order valence-corrected chi connectivity index (χ3v) is 5.08. The summed E-state index contributed by atoms with van der Waals surface area (Å²) in [7, 11) is 5.80. The van der Waals surface area contributed by atoms with Crippen molar-refractivity contribution < 1.29 is 4.79 Å². The first-order valence-electron chi connectivity index (χ1n) is 9.21. The molecule has 1 amide bonds. The van der Waals surface area contributed by atoms with Crippen LogP contribution in [0.25, 0.3) is 11.3 Å². The summed E-state index contributed by atoms with van der Waals surface area (Å²) in [6.45, 7) is 3.00. The van der Waals surface area contributed by atoms with Crippen LogP contribution >= 0.6 is 0 Å². The minimum Gasteiger partial charge on any atom is -0.391 e. The van der Waals surface area contributed by atoms with Crippen LogP contribution in [-0.2, 0) is 11.8 Å². The highest BCUT2D eigenvalue weighted by Gasteiger charge is 2.25. The number of carbonyl (C=O) groups excluding carboxylic acids is 1. The number of likely N-dealkylation sites (N-methyl/N-ethyl adjacent to an activating group) is 1. The van der Waals surface area contributed by atoms with Gasteiger partial charge in [-0.05, 0) is 30.8 Å². The van der Waals surface area contributed by atoms with Gasteiger partial charge in [0.05, 0.1) is 5.69 Å². The van der Waals surface area contributed by atoms with Crippen molar-refractivity contribution in [3.8, 4) is 11.3 Å². The fraction of sp³-hybridized carbons (Fsp3) is 0.400. The molecule has 1 aliphatic rings. The molecule has 0 saturated carbocycles. The summed E-state index contributed by atoms with van der Waals surface area (Å²) in [5, 5.41) is 14.4. The normalized spacial score (nSPS) is 15.6. The van der Waals surface area contributed by atoms with Crippen LogP contribution in [0.1, 0.15) is 13.3 Å². The van der Waals surface area contributed by atoms with E-state index in [0.717, 1.165) is 35.5 Å². The lowest BCUT2D eigenvalue weighted by Crippen LogP contribution is -2.46. The lowest BCUT2D eigenvalue weighted by molar-refractivity contribution is -0.128. The Morgan fingerprint density at radius 3 is 2.48 bits per heavy atom. The Balaban J connectivity index is 1.79. The van der Waals surface area contributed by atoms with Crippen LogP contribution in [0.3, 0.4) is 0 Å². The number of benzene rings is 1. The van der Waals surface area contributed by atoms with E-state index in [4.69, 9.17) is 0 Å². The Morgan fingerprint density at radius 2 is 1.93 bits per heavy atom. The molecule has 0 bridgehead atoms. The number of nitrogens with one attached hydrogen (secondary N) is 3. The maximum atomic E-state index is 11.8. The summed E-state index contributed by atoms with van der Waals surface area (Å²) in [4.78, 5) is 13.7. The monoisotopic (exact) mass is 368 g/mol. The zero-order valence-electron chi connectivity index (χ0n) is 16.4. The molecule has 0 aliphatic carbocycles. The van der Waals surface area contributed by atoms with Crippen LogP contribution in [0.4, 0.5) is 5.69 Å². The van der Waals surface area contributed by atoms with Crippen molar-refractivity contribution in [1.82, 2.24) is 25.3 Å². The third kappa shape index (κ3) is 4.14. The number of aryl methyl sites for hydroxylation is 1. The molecule has 1 aromatic heterocycles. The first-order valence-corrected chi connectivity index (χ1v) is 9.21. The van der Waals surface area contributed by atoms with Crippen molar-refractivity contribution >= 4 is 11.6 Å². The summed E-state index contributed by atoms with van der Waals surface area (Å²) >= 11 is 0. The Hall–Kier alpha value is -2.80. The van der Waals surface area contributed by atoms with Crippen LogP contribution in [-0.4, -0.2) is 53.9 Å². The van der Waals surface area contributed by atoms with Crippen molar-refractivity contribution in [1.29, 1.82) is 0 Å². The molecular weight excluding hydrogens is 340 g/mol. The average Bonchev–Trinajstić information content (AvgIpc) is 3.12. The van der Waals surface area contributed by atoms with Crippen LogP contribution in [0, 0.1) is 0 Å². The van der Waals surface area contributed by atoms with E-state index in [1.54, 1.807) is 13.1 Å². The first-order chi connectivity index (χ1) is 13.0. The number of carbonyl (C=O) groups is 1. The molecule has 2 aromatic rings. The minimum atomic E-state index is -0.0582. The Morgan fingerprint density at radius 1 is 1.19 bits per heavy atom. The number of anilines is 1. The fourth-order valence-corrected chi connectivity index (χ4v) is 3.50. The van der Waals surface area contributed by atoms with Gasteiger partial charge in [-0.15, -0.1) is 0 Å². The van der Waals surface area contributed by atoms with Gasteiger partial charge in [0, 0.05) is 63.7 Å². The maximum Gasteiger partial charge on any atom is 0.219 e. The number of hydrogen-bond donors (Lipinski definition) is 3. The van der Waals surface area contributed by atoms with E-state index >= 15 is 0 Å². The fourth-order valence-electron chi connectivity index (χ4n) is 3.50. The van der Waals surface area contributed by atoms with Gasteiger partial charge in [0.25, 0.3) is 0 Å². The molecule has 1 unspecified atom stereocenters. The van der Waals surface area contributed by atoms with Crippen molar-refractivity contribution in [3.63, 3.8) is 0 Å². The molecular formula is C20H28N6O. The van der Waals surface area contributed by atoms with E-state index in [-0.39, 0.29) is 12.1 Å². The molecule has 3 N–H and O–H groups in total. The summed E-state index contributed by atoms with van der Waals surface area (Å²) < 4.78 is 1.86. The van der Waals surface area contributed by atoms with Crippen LogP contribution in [0.2, 0.25) is 0 Å². The molecule has 2 heterocycles. The van der Waals surface area contributed by atoms with Gasteiger partial charge in [0.2, 0.25) is 5.91 Å². The number of amides is 1. The van der Waals surface area contributed by atoms with Crippen molar-refractivity contribution in [3.05, 3.63) is 47.8 Å². The number of aromatic nitrogens is 2. The van der Waals surface area contributed by atoms with E-state index in [2.05, 4.69) is 45.3 Å². The average molecular weight is 368 g/mol. The molecule has 3 rings (SSSR count). The number of hydrogen-bond acceptors (Lipinski definition) is 5. The molecule has 0 spiro atoms. The Kier molecular flexibility index (Phi) is 5.81. The van der Waals surface area contributed by atoms with Gasteiger partial charge in [-0.1, -0.05) is 12.1 Å². The summed E-state index contributed by atoms with van der Waals surface area (Å²) in [5.74, 6) is 0.109. The number of nitrogens with zero attached hydrogens (tertiary/aromatic N) is 3. The molecule has 27 heavy (non-hydrogen) atoms. The second kappa shape index (κ2) is 8.26. The van der Waals surface area contributed by atoms with Crippen LogP contribution < -0.4 is 16.0 Å². The molecule has 0 fully saturated rings. The summed E-state index contributed by atoms with van der Waals surface area (Å²) in [6.07, 6.45) is 2.58. The molecule has 0 saturated heterocycles. The van der Waals surface area contributed by atoms with Crippen LogP contribution in [0.15, 0.2) is 47.8 Å².